The summed E-state index contributed by atoms with van der Waals surface area (Å²) < 4.78 is 0.430. The highest BCUT2D eigenvalue weighted by Crippen LogP contribution is 2.45. The van der Waals surface area contributed by atoms with E-state index < -0.39 is 108 Å². The van der Waals surface area contributed by atoms with Gasteiger partial charge in [0.1, 0.15) is 54.1 Å². The molecule has 18 N–H and O–H groups in total. The Balaban J connectivity index is 0.690. The van der Waals surface area contributed by atoms with Crippen molar-refractivity contribution in [2.45, 2.75) is 138 Å². The number of rotatable bonds is 44. The second-order valence-electron chi connectivity index (χ2n) is 31.4. The molecule has 12 atom stereocenters. The molecule has 1 aliphatic carbocycles. The second-order valence-corrected chi connectivity index (χ2v) is 34.3. The van der Waals surface area contributed by atoms with Gasteiger partial charge in [0.2, 0.25) is 65.0 Å². The molecule has 5 heterocycles. The molecule has 3 fully saturated rings. The number of aliphatic hydroxyl groups is 1. The van der Waals surface area contributed by atoms with Gasteiger partial charge in [-0.15, -0.1) is 0 Å². The molecule has 0 unspecified atom stereocenters. The molecule has 10 rings (SSSR count). The zero-order chi connectivity index (χ0) is 85.2. The van der Waals surface area contributed by atoms with E-state index in [0.717, 1.165) is 68.8 Å². The molecule has 0 radical (unpaired) electrons. The van der Waals surface area contributed by atoms with Crippen LogP contribution in [0.5, 0.6) is 5.75 Å². The zero-order valence-corrected chi connectivity index (χ0v) is 72.5. The largest absolute Gasteiger partial charge is 0.507 e. The van der Waals surface area contributed by atoms with Crippen molar-refractivity contribution >= 4 is 146 Å². The lowest BCUT2D eigenvalue weighted by atomic mass is 9.73. The number of hydrogen-bond donors (Lipinski definition) is 18. The third-order valence-electron chi connectivity index (χ3n) is 22.7. The molecule has 32 nitrogen and oxygen atoms in total. The number of fused-ring (bicyclic) bond motifs is 3. The number of carbonyl (C=O) groups excluding carboxylic acids is 11. The number of halogens is 1. The fraction of sp³-hybridized carbons (Fsp3) is 0.530. The number of phenols is 1. The number of aromatic amines is 2. The van der Waals surface area contributed by atoms with E-state index in [1.807, 2.05) is 63.9 Å². The highest BCUT2D eigenvalue weighted by molar-refractivity contribution is 14.1. The summed E-state index contributed by atoms with van der Waals surface area (Å²) in [7, 11) is 2.25. The van der Waals surface area contributed by atoms with Gasteiger partial charge in [0, 0.05) is 162 Å². The van der Waals surface area contributed by atoms with Crippen molar-refractivity contribution < 1.29 is 63.0 Å². The molecule has 36 heteroatoms. The quantitative estimate of drug-likeness (QED) is 0.0136. The van der Waals surface area contributed by atoms with Crippen molar-refractivity contribution in [3.63, 3.8) is 0 Å². The van der Waals surface area contributed by atoms with Gasteiger partial charge < -0.3 is 89.7 Å². The Morgan fingerprint density at radius 3 is 1.74 bits per heavy atom. The number of thiol groups is 2. The van der Waals surface area contributed by atoms with Crippen LogP contribution in [0.2, 0.25) is 0 Å². The monoisotopic (exact) mass is 1810 g/mol. The lowest BCUT2D eigenvalue weighted by molar-refractivity contribution is -0.136. The number of aliphatic hydroxyl groups excluding tert-OH is 1. The molecular weight excluding hydrogens is 1690 g/mol. The molecule has 646 valence electrons. The van der Waals surface area contributed by atoms with Crippen LogP contribution in [0.1, 0.15) is 79.7 Å². The highest BCUT2D eigenvalue weighted by atomic mass is 127. The number of unbranched alkanes of at least 4 members (excludes halogenated alkanes) is 1. The summed E-state index contributed by atoms with van der Waals surface area (Å²) in [6, 6.07) is 17.1. The van der Waals surface area contributed by atoms with Crippen LogP contribution in [0.15, 0.2) is 103 Å². The number of aromatic nitrogens is 2. The zero-order valence-electron chi connectivity index (χ0n) is 67.7. The number of piperidine rings is 1. The maximum absolute atomic E-state index is 15.2. The number of amides is 11. The van der Waals surface area contributed by atoms with Crippen LogP contribution in [-0.4, -0.2) is 305 Å². The summed E-state index contributed by atoms with van der Waals surface area (Å²) in [5, 5.41) is 50.5. The predicted molar refractivity (Wildman–Crippen MR) is 472 cm³/mol. The predicted octanol–water partition coefficient (Wildman–Crippen LogP) is -0.00860. The minimum Gasteiger partial charge on any atom is -0.507 e. The fourth-order valence-electron chi connectivity index (χ4n) is 16.0. The minimum absolute atomic E-state index is 0.00435. The Bertz CT molecular complexity index is 4450. The van der Waals surface area contributed by atoms with Crippen molar-refractivity contribution in [1.29, 1.82) is 0 Å². The molecule has 0 spiro atoms. The number of carbonyl (C=O) groups is 11. The number of thioether (sulfide) groups is 1. The molecule has 0 bridgehead atoms. The average molecular weight is 1810 g/mol. The standard InChI is InChI=1S/C83H116IN19O13S3/c1-4-60(77(110)96-68(47-118)83(116)98-75(50(2)104)76(86)109)92-78(111)63(18-10-11-22-85)93-81(114)66(39-54-41-89-61-17-9-8-15-56(54)61)95-80(113)65(38-52-20-21-70(105)59(84)36-52)94-82(115)67(46-117)97-79(112)64(37-51-13-6-5-7-14-51)91-72(107)45-103-33-29-100(30-34-103)25-23-87-71(106)44-102-31-27-101(28-32-102)26-24-88-73(108)49-119-48-53-35-58-57-16-12-19-62-74(57)55(42-90-62)40-69(58)99(3)43-53/h5-9,12-17,19-21,36,41-42,50,53,58,60,63-69,75,89-90,104-105,117-118H,4,10-11,18,22-35,37-40,43-49,85H2,1-3H3,(H2,86,109)(H,87,106)(H,88,108)(H,91,107)(H,92,111)(H,93,114)(H,94,115)(H,95,113)(H,96,110)(H,97,112)(H,98,116)/t50-,53-,58-,60+,63+,64-,65+,66-,67+,68+,69-,75+/m1/s1. The molecule has 11 amide bonds. The summed E-state index contributed by atoms with van der Waals surface area (Å²) in [5.41, 5.74) is 17.9. The average Bonchev–Trinajstić information content (AvgIpc) is 1.67. The molecule has 2 aromatic heterocycles. The van der Waals surface area contributed by atoms with Crippen molar-refractivity contribution in [2.24, 2.45) is 17.4 Å². The number of primary amides is 1. The van der Waals surface area contributed by atoms with Crippen molar-refractivity contribution in [1.82, 2.24) is 87.6 Å². The minimum atomic E-state index is -1.48. The first-order chi connectivity index (χ1) is 57.3. The number of likely N-dealkylation sites (tertiary alicyclic amines) is 1. The smallest absolute Gasteiger partial charge is 0.244 e. The number of nitrogens with two attached hydrogens (primary N) is 2. The Morgan fingerprint density at radius 2 is 1.12 bits per heavy atom. The van der Waals surface area contributed by atoms with Crippen LogP contribution in [0.25, 0.3) is 21.8 Å². The van der Waals surface area contributed by atoms with Gasteiger partial charge in [-0.1, -0.05) is 73.7 Å². The number of hydrogen-bond acceptors (Lipinski definition) is 22. The number of likely N-dealkylation sites (N-methyl/N-ethyl adjacent to an activating group) is 1. The van der Waals surface area contributed by atoms with Crippen LogP contribution < -0.4 is 64.6 Å². The summed E-state index contributed by atoms with van der Waals surface area (Å²) >= 11 is 12.4. The third-order valence-corrected chi connectivity index (χ3v) is 25.4. The number of nitrogens with one attached hydrogen (secondary N) is 12. The summed E-state index contributed by atoms with van der Waals surface area (Å²) in [5.74, 6) is -5.31. The van der Waals surface area contributed by atoms with Gasteiger partial charge in [-0.05, 0) is 145 Å². The molecule has 3 saturated heterocycles. The number of aromatic hydroxyl groups is 1. The van der Waals surface area contributed by atoms with Gasteiger partial charge in [0.05, 0.1) is 28.5 Å². The van der Waals surface area contributed by atoms with Gasteiger partial charge in [-0.2, -0.15) is 37.0 Å². The Morgan fingerprint density at radius 1 is 0.588 bits per heavy atom. The maximum Gasteiger partial charge on any atom is 0.244 e. The van der Waals surface area contributed by atoms with Gasteiger partial charge >= 0.3 is 0 Å². The van der Waals surface area contributed by atoms with E-state index in [2.05, 4.69) is 139 Å². The first kappa shape index (κ1) is 92.7. The Labute approximate surface area is 722 Å². The van der Waals surface area contributed by atoms with Gasteiger partial charge in [0.25, 0.3) is 0 Å². The SMILES string of the molecule is CC[C@H](NC(=O)[C@H](CCCCN)NC(=O)[C@@H](Cc1c[nH]c2ccccc12)NC(=O)[C@H](Cc1ccc(O)c(I)c1)NC(=O)[C@H](CS)NC(=O)[C@@H](Cc1ccccc1)NC(=O)CN1CCN(CCNC(=O)CN2CCN(CCNC(=O)CSC[C@@H]3C[C@@H]4c5cccc6[nH]cc(c56)C[C@H]4N(C)C3)CC2)CC1)C(=O)N[C@@H](CS)C(=O)N[C@H](C(N)=O)[C@@H](C)O. The number of benzene rings is 4. The summed E-state index contributed by atoms with van der Waals surface area (Å²) in [4.78, 5) is 171. The Hall–Kier alpha value is -8.57. The second kappa shape index (κ2) is 45.9. The van der Waals surface area contributed by atoms with Crippen LogP contribution in [0, 0.1) is 9.49 Å². The topological polar surface area (TPSA) is 448 Å². The van der Waals surface area contributed by atoms with E-state index in [4.69, 9.17) is 11.5 Å². The Kier molecular flexibility index (Phi) is 35.8. The lowest BCUT2D eigenvalue weighted by Gasteiger charge is -2.45. The van der Waals surface area contributed by atoms with E-state index in [-0.39, 0.29) is 74.3 Å². The van der Waals surface area contributed by atoms with E-state index in [1.54, 1.807) is 55.2 Å². The van der Waals surface area contributed by atoms with Crippen molar-refractivity contribution in [2.75, 3.05) is 135 Å². The number of nitrogens with zero attached hydrogens (tertiary/aromatic N) is 5. The normalized spacial score (nSPS) is 18.9. The number of para-hydroxylation sites is 1. The van der Waals surface area contributed by atoms with E-state index in [9.17, 15) is 53.4 Å². The van der Waals surface area contributed by atoms with Crippen LogP contribution in [0.4, 0.5) is 0 Å². The van der Waals surface area contributed by atoms with Crippen molar-refractivity contribution in [3.8, 4) is 5.75 Å². The van der Waals surface area contributed by atoms with Gasteiger partial charge in [0.15, 0.2) is 0 Å². The first-order valence-electron chi connectivity index (χ1n) is 41.0. The first-order valence-corrected chi connectivity index (χ1v) is 44.5. The molecule has 119 heavy (non-hydrogen) atoms. The molecule has 0 saturated carbocycles. The molecular formula is C83H116IN19O13S3. The third kappa shape index (κ3) is 27.0. The van der Waals surface area contributed by atoms with Gasteiger partial charge in [-0.3, -0.25) is 72.3 Å². The summed E-state index contributed by atoms with van der Waals surface area (Å²) in [6.45, 7) is 12.2. The van der Waals surface area contributed by atoms with Crippen LogP contribution >= 0.6 is 59.6 Å². The number of piperazine rings is 2. The molecule has 3 aliphatic heterocycles. The fourth-order valence-corrected chi connectivity index (χ4v) is 18.1. The van der Waals surface area contributed by atoms with Crippen LogP contribution in [-0.2, 0) is 78.4 Å². The van der Waals surface area contributed by atoms with E-state index in [1.165, 1.54) is 35.0 Å². The van der Waals surface area contributed by atoms with Crippen LogP contribution in [0.3, 0.4) is 0 Å². The lowest BCUT2D eigenvalue weighted by Crippen LogP contribution is -2.61. The number of H-pyrrole nitrogens is 2. The van der Waals surface area contributed by atoms with Crippen molar-refractivity contribution in [3.05, 3.63) is 135 Å². The van der Waals surface area contributed by atoms with E-state index in [0.29, 0.717) is 109 Å². The summed E-state index contributed by atoms with van der Waals surface area (Å²) in [6.07, 6.45) is 5.19. The molecule has 4 aromatic carbocycles. The van der Waals surface area contributed by atoms with Gasteiger partial charge in [-0.25, -0.2) is 0 Å². The highest BCUT2D eigenvalue weighted by Gasteiger charge is 2.41. The van der Waals surface area contributed by atoms with E-state index >= 15 is 9.59 Å². The molecule has 6 aromatic rings. The molecule has 4 aliphatic rings. The number of phenolic OH excluding ortho intramolecular Hbond substituents is 1. The maximum atomic E-state index is 15.2.